The molecule has 10 nitrogen and oxygen atoms in total. The van der Waals surface area contributed by atoms with E-state index in [1.165, 1.54) is 0 Å². The first-order valence-electron chi connectivity index (χ1n) is 9.48. The second kappa shape index (κ2) is 9.29. The largest absolute Gasteiger partial charge is 0.467 e. The lowest BCUT2D eigenvalue weighted by Crippen LogP contribution is -2.16. The van der Waals surface area contributed by atoms with E-state index in [9.17, 15) is 24.5 Å². The van der Waals surface area contributed by atoms with Crippen molar-refractivity contribution in [2.45, 2.75) is 20.4 Å². The molecule has 1 aromatic carbocycles. The van der Waals surface area contributed by atoms with E-state index in [1.807, 2.05) is 17.6 Å². The summed E-state index contributed by atoms with van der Waals surface area (Å²) in [5, 5.41) is 11.1. The number of carbonyl (C=O) groups excluding carboxylic acids is 3. The van der Waals surface area contributed by atoms with Crippen LogP contribution in [0.3, 0.4) is 0 Å². The van der Waals surface area contributed by atoms with E-state index in [0.717, 1.165) is 36.8 Å². The number of hydrogen-bond acceptors (Lipinski definition) is 8. The van der Waals surface area contributed by atoms with E-state index in [1.54, 1.807) is 25.3 Å². The average Bonchev–Trinajstić information content (AvgIpc) is 3.40. The average molecular weight is 440 g/mol. The number of nitro groups is 1. The Balaban J connectivity index is 1.75. The summed E-state index contributed by atoms with van der Waals surface area (Å²) in [6, 6.07) is 8.35. The lowest BCUT2D eigenvalue weighted by atomic mass is 10.1. The molecule has 0 atom stereocenters. The Kier molecular flexibility index (Phi) is 6.53. The van der Waals surface area contributed by atoms with Crippen LogP contribution in [0.25, 0.3) is 0 Å². The Morgan fingerprint density at radius 2 is 1.78 bits per heavy atom. The van der Waals surface area contributed by atoms with Crippen molar-refractivity contribution in [3.63, 3.8) is 0 Å². The Morgan fingerprint density at radius 1 is 1.09 bits per heavy atom. The van der Waals surface area contributed by atoms with Crippen molar-refractivity contribution in [1.82, 2.24) is 4.57 Å². The molecule has 0 spiro atoms. The lowest BCUT2D eigenvalue weighted by Gasteiger charge is -2.08. The van der Waals surface area contributed by atoms with Crippen molar-refractivity contribution in [1.29, 1.82) is 0 Å². The number of methoxy groups -OCH3 is 1. The van der Waals surface area contributed by atoms with Gasteiger partial charge in [0, 0.05) is 29.1 Å². The molecule has 2 heterocycles. The van der Waals surface area contributed by atoms with Gasteiger partial charge in [-0.15, -0.1) is 0 Å². The highest BCUT2D eigenvalue weighted by atomic mass is 16.6. The molecule has 2 aromatic heterocycles. The van der Waals surface area contributed by atoms with Crippen molar-refractivity contribution in [2.24, 2.45) is 0 Å². The molecule has 3 aromatic rings. The fourth-order valence-corrected chi connectivity index (χ4v) is 3.25. The molecule has 0 radical (unpaired) electrons. The number of carbonyl (C=O) groups is 3. The molecule has 0 bridgehead atoms. The Labute approximate surface area is 182 Å². The fraction of sp³-hybridized carbons (Fsp3) is 0.227. The minimum atomic E-state index is -0.975. The molecule has 166 valence electrons. The predicted molar refractivity (Wildman–Crippen MR) is 111 cm³/mol. The molecule has 0 fully saturated rings. The quantitative estimate of drug-likeness (QED) is 0.225. The van der Waals surface area contributed by atoms with Crippen LogP contribution in [0.15, 0.2) is 47.1 Å². The zero-order valence-corrected chi connectivity index (χ0v) is 17.6. The Hall–Kier alpha value is -4.21. The van der Waals surface area contributed by atoms with Crippen LogP contribution in [-0.2, 0) is 16.0 Å². The summed E-state index contributed by atoms with van der Waals surface area (Å²) in [7, 11) is 1.11. The van der Waals surface area contributed by atoms with E-state index in [2.05, 4.69) is 4.74 Å². The number of benzene rings is 1. The third-order valence-corrected chi connectivity index (χ3v) is 4.89. The van der Waals surface area contributed by atoms with Crippen LogP contribution in [-0.4, -0.2) is 40.9 Å². The van der Waals surface area contributed by atoms with Crippen molar-refractivity contribution in [3.8, 4) is 0 Å². The normalized spacial score (nSPS) is 10.6. The number of hydrogen-bond donors (Lipinski definition) is 0. The van der Waals surface area contributed by atoms with Gasteiger partial charge in [-0.25, -0.2) is 9.59 Å². The minimum Gasteiger partial charge on any atom is -0.467 e. The molecule has 0 unspecified atom stereocenters. The van der Waals surface area contributed by atoms with Gasteiger partial charge in [0.1, 0.15) is 5.76 Å². The molecular formula is C22H20N2O8. The topological polar surface area (TPSA) is 131 Å². The van der Waals surface area contributed by atoms with Gasteiger partial charge in [0.2, 0.25) is 5.78 Å². The molecule has 0 aliphatic rings. The molecule has 0 saturated carbocycles. The van der Waals surface area contributed by atoms with Crippen LogP contribution < -0.4 is 0 Å². The number of aryl methyl sites for hydroxylation is 1. The van der Waals surface area contributed by atoms with Gasteiger partial charge in [0.05, 0.1) is 36.0 Å². The molecule has 0 aliphatic carbocycles. The number of furan rings is 1. The van der Waals surface area contributed by atoms with Gasteiger partial charge in [0.25, 0.3) is 5.69 Å². The van der Waals surface area contributed by atoms with Gasteiger partial charge in [0.15, 0.2) is 6.61 Å². The van der Waals surface area contributed by atoms with E-state index in [4.69, 9.17) is 9.15 Å². The smallest absolute Gasteiger partial charge is 0.338 e. The third kappa shape index (κ3) is 4.75. The van der Waals surface area contributed by atoms with Crippen LogP contribution in [0.2, 0.25) is 0 Å². The number of nitro benzene ring substituents is 1. The first-order chi connectivity index (χ1) is 15.2. The summed E-state index contributed by atoms with van der Waals surface area (Å²) in [6.07, 6.45) is 1.56. The van der Waals surface area contributed by atoms with E-state index in [0.29, 0.717) is 17.8 Å². The van der Waals surface area contributed by atoms with E-state index in [-0.39, 0.29) is 11.1 Å². The molecule has 3 rings (SSSR count). The summed E-state index contributed by atoms with van der Waals surface area (Å²) in [6.45, 7) is 3.49. The second-order valence-corrected chi connectivity index (χ2v) is 6.97. The summed E-state index contributed by atoms with van der Waals surface area (Å²) >= 11 is 0. The second-order valence-electron chi connectivity index (χ2n) is 6.97. The number of ketones is 1. The number of ether oxygens (including phenoxy) is 2. The maximum Gasteiger partial charge on any atom is 0.338 e. The maximum atomic E-state index is 12.7. The van der Waals surface area contributed by atoms with Crippen LogP contribution in [0.4, 0.5) is 5.69 Å². The van der Waals surface area contributed by atoms with Crippen molar-refractivity contribution >= 4 is 23.4 Å². The van der Waals surface area contributed by atoms with E-state index < -0.39 is 34.9 Å². The van der Waals surface area contributed by atoms with Crippen molar-refractivity contribution in [3.05, 3.63) is 86.6 Å². The lowest BCUT2D eigenvalue weighted by molar-refractivity contribution is -0.384. The minimum absolute atomic E-state index is 0.179. The zero-order chi connectivity index (χ0) is 23.4. The molecule has 0 saturated heterocycles. The Bertz CT molecular complexity index is 1190. The van der Waals surface area contributed by atoms with Gasteiger partial charge < -0.3 is 18.5 Å². The standard InChI is InChI=1S/C22H20N2O8/c1-13-7-19(14(2)23(13)11-18-5-4-6-31-18)20(25)12-32-22(27)16-8-15(21(26)30-3)9-17(10-16)24(28)29/h4-10H,11-12H2,1-3H3. The van der Waals surface area contributed by atoms with Crippen LogP contribution in [0.5, 0.6) is 0 Å². The third-order valence-electron chi connectivity index (χ3n) is 4.89. The first kappa shape index (κ1) is 22.5. The zero-order valence-electron chi connectivity index (χ0n) is 17.6. The van der Waals surface area contributed by atoms with Crippen LogP contribution in [0.1, 0.15) is 48.2 Å². The van der Waals surface area contributed by atoms with Crippen molar-refractivity contribution < 1.29 is 33.2 Å². The van der Waals surface area contributed by atoms with Gasteiger partial charge in [-0.3, -0.25) is 14.9 Å². The predicted octanol–water partition coefficient (Wildman–Crippen LogP) is 3.48. The first-order valence-corrected chi connectivity index (χ1v) is 9.48. The van der Waals surface area contributed by atoms with Crippen LogP contribution in [0, 0.1) is 24.0 Å². The molecule has 32 heavy (non-hydrogen) atoms. The maximum absolute atomic E-state index is 12.7. The SMILES string of the molecule is COC(=O)c1cc(C(=O)OCC(=O)c2cc(C)n(Cc3ccco3)c2C)cc([N+](=O)[O-])c1. The Morgan fingerprint density at radius 3 is 2.38 bits per heavy atom. The molecule has 0 N–H and O–H groups in total. The number of esters is 2. The molecule has 0 aliphatic heterocycles. The van der Waals surface area contributed by atoms with Gasteiger partial charge in [-0.1, -0.05) is 0 Å². The van der Waals surface area contributed by atoms with Crippen LogP contribution >= 0.6 is 0 Å². The molecule has 10 heteroatoms. The summed E-state index contributed by atoms with van der Waals surface area (Å²) in [4.78, 5) is 47.2. The highest BCUT2D eigenvalue weighted by Crippen LogP contribution is 2.20. The summed E-state index contributed by atoms with van der Waals surface area (Å²) in [5.74, 6) is -1.53. The number of aromatic nitrogens is 1. The number of nitrogens with zero attached hydrogens (tertiary/aromatic N) is 2. The number of Topliss-reactive ketones (excluding diaryl/α,β-unsaturated/α-hetero) is 1. The van der Waals surface area contributed by atoms with Crippen molar-refractivity contribution in [2.75, 3.05) is 13.7 Å². The van der Waals surface area contributed by atoms with Gasteiger partial charge >= 0.3 is 11.9 Å². The van der Waals surface area contributed by atoms with Gasteiger partial charge in [-0.05, 0) is 38.1 Å². The highest BCUT2D eigenvalue weighted by molar-refractivity contribution is 6.01. The number of rotatable bonds is 8. The number of non-ortho nitro benzene ring substituents is 1. The monoisotopic (exact) mass is 440 g/mol. The van der Waals surface area contributed by atoms with Gasteiger partial charge in [-0.2, -0.15) is 0 Å². The molecule has 0 amide bonds. The molecular weight excluding hydrogens is 420 g/mol. The highest BCUT2D eigenvalue weighted by Gasteiger charge is 2.22. The summed E-state index contributed by atoms with van der Waals surface area (Å²) in [5.41, 5.74) is 0.999. The fourth-order valence-electron chi connectivity index (χ4n) is 3.25. The summed E-state index contributed by atoms with van der Waals surface area (Å²) < 4.78 is 16.9. The van der Waals surface area contributed by atoms with E-state index >= 15 is 0 Å².